The summed E-state index contributed by atoms with van der Waals surface area (Å²) < 4.78 is 5.56. The molecule has 2 aromatic carbocycles. The maximum atomic E-state index is 9.72. The number of hydrogen-bond acceptors (Lipinski definition) is 4. The number of phenolic OH excluding ortho intramolecular Hbond substituents is 1. The number of phenols is 1. The summed E-state index contributed by atoms with van der Waals surface area (Å²) in [5, 5.41) is 9.72. The second kappa shape index (κ2) is 3.52. The molecule has 3 aromatic rings. The van der Waals surface area contributed by atoms with Crippen molar-refractivity contribution in [3.63, 3.8) is 0 Å². The Morgan fingerprint density at radius 2 is 1.94 bits per heavy atom. The molecule has 84 valence electrons. The number of para-hydroxylation sites is 1. The second-order valence-electron chi connectivity index (χ2n) is 3.76. The topological polar surface area (TPSA) is 72.3 Å². The van der Waals surface area contributed by atoms with Crippen LogP contribution in [0.15, 0.2) is 46.9 Å². The maximum Gasteiger partial charge on any atom is 0.231 e. The number of nitrogen functional groups attached to an aromatic ring is 1. The summed E-state index contributed by atoms with van der Waals surface area (Å²) in [7, 11) is 0. The highest BCUT2D eigenvalue weighted by Gasteiger charge is 2.11. The van der Waals surface area contributed by atoms with Crippen LogP contribution in [0, 0.1) is 0 Å². The van der Waals surface area contributed by atoms with Gasteiger partial charge in [-0.3, -0.25) is 0 Å². The number of benzene rings is 2. The van der Waals surface area contributed by atoms with E-state index in [1.54, 1.807) is 36.4 Å². The van der Waals surface area contributed by atoms with Gasteiger partial charge in [-0.25, -0.2) is 4.98 Å². The van der Waals surface area contributed by atoms with Crippen LogP contribution in [0.5, 0.6) is 5.75 Å². The van der Waals surface area contributed by atoms with Gasteiger partial charge < -0.3 is 15.3 Å². The van der Waals surface area contributed by atoms with Gasteiger partial charge in [-0.15, -0.1) is 0 Å². The molecular formula is C13H10N2O2. The fourth-order valence-electron chi connectivity index (χ4n) is 1.71. The summed E-state index contributed by atoms with van der Waals surface area (Å²) in [5.74, 6) is 0.538. The van der Waals surface area contributed by atoms with Gasteiger partial charge in [0, 0.05) is 5.69 Å². The molecule has 0 aliphatic carbocycles. The first-order chi connectivity index (χ1) is 8.24. The van der Waals surface area contributed by atoms with Crippen LogP contribution in [0.3, 0.4) is 0 Å². The van der Waals surface area contributed by atoms with Crippen LogP contribution >= 0.6 is 0 Å². The molecule has 3 N–H and O–H groups in total. The van der Waals surface area contributed by atoms with E-state index >= 15 is 0 Å². The van der Waals surface area contributed by atoms with E-state index in [-0.39, 0.29) is 5.75 Å². The lowest BCUT2D eigenvalue weighted by atomic mass is 10.2. The molecule has 0 amide bonds. The molecule has 1 aromatic heterocycles. The zero-order chi connectivity index (χ0) is 11.8. The number of fused-ring (bicyclic) bond motifs is 1. The Bertz CT molecular complexity index is 689. The van der Waals surface area contributed by atoms with Crippen molar-refractivity contribution in [1.29, 1.82) is 0 Å². The fraction of sp³-hybridized carbons (Fsp3) is 0. The highest BCUT2D eigenvalue weighted by molar-refractivity contribution is 5.80. The third-order valence-electron chi connectivity index (χ3n) is 2.55. The molecule has 0 spiro atoms. The number of hydrogen-bond donors (Lipinski definition) is 2. The molecule has 0 fully saturated rings. The van der Waals surface area contributed by atoms with E-state index in [1.807, 2.05) is 6.07 Å². The van der Waals surface area contributed by atoms with Crippen molar-refractivity contribution in [3.8, 4) is 17.2 Å². The molecule has 0 bridgehead atoms. The van der Waals surface area contributed by atoms with Crippen LogP contribution in [0.25, 0.3) is 22.6 Å². The summed E-state index contributed by atoms with van der Waals surface area (Å²) in [6.45, 7) is 0. The molecule has 4 heteroatoms. The maximum absolute atomic E-state index is 9.72. The van der Waals surface area contributed by atoms with Crippen molar-refractivity contribution >= 4 is 16.8 Å². The predicted molar refractivity (Wildman–Crippen MR) is 65.5 cm³/mol. The third-order valence-corrected chi connectivity index (χ3v) is 2.55. The normalized spacial score (nSPS) is 10.8. The zero-order valence-electron chi connectivity index (χ0n) is 8.92. The number of nitrogens with zero attached hydrogens (tertiary/aromatic N) is 1. The predicted octanol–water partition coefficient (Wildman–Crippen LogP) is 2.78. The molecular weight excluding hydrogens is 216 g/mol. The Labute approximate surface area is 97.3 Å². The zero-order valence-corrected chi connectivity index (χ0v) is 8.92. The number of nitrogens with two attached hydrogens (primary N) is 1. The van der Waals surface area contributed by atoms with E-state index in [0.29, 0.717) is 28.2 Å². The van der Waals surface area contributed by atoms with Crippen LogP contribution < -0.4 is 5.73 Å². The molecule has 17 heavy (non-hydrogen) atoms. The van der Waals surface area contributed by atoms with Gasteiger partial charge in [-0.1, -0.05) is 12.1 Å². The Morgan fingerprint density at radius 1 is 1.12 bits per heavy atom. The molecule has 1 heterocycles. The van der Waals surface area contributed by atoms with Crippen LogP contribution in [-0.4, -0.2) is 10.1 Å². The van der Waals surface area contributed by atoms with Gasteiger partial charge in [0.2, 0.25) is 5.89 Å². The lowest BCUT2D eigenvalue weighted by molar-refractivity contribution is 0.474. The van der Waals surface area contributed by atoms with Gasteiger partial charge in [0.1, 0.15) is 11.3 Å². The standard InChI is InChI=1S/C13H10N2O2/c14-8-5-6-12-10(7-8)15-13(17-12)9-3-1-2-4-11(9)16/h1-7,16H,14H2. The van der Waals surface area contributed by atoms with Gasteiger partial charge in [0.25, 0.3) is 0 Å². The van der Waals surface area contributed by atoms with E-state index in [2.05, 4.69) is 4.98 Å². The van der Waals surface area contributed by atoms with Crippen molar-refractivity contribution in [3.05, 3.63) is 42.5 Å². The fourth-order valence-corrected chi connectivity index (χ4v) is 1.71. The number of rotatable bonds is 1. The first kappa shape index (κ1) is 9.72. The summed E-state index contributed by atoms with van der Waals surface area (Å²) in [4.78, 5) is 4.30. The lowest BCUT2D eigenvalue weighted by Gasteiger charge is -1.97. The summed E-state index contributed by atoms with van der Waals surface area (Å²) in [5.41, 5.74) is 8.21. The number of oxazole rings is 1. The van der Waals surface area contributed by atoms with E-state index in [1.165, 1.54) is 0 Å². The van der Waals surface area contributed by atoms with Crippen LogP contribution in [0.2, 0.25) is 0 Å². The van der Waals surface area contributed by atoms with Crippen LogP contribution in [-0.2, 0) is 0 Å². The SMILES string of the molecule is Nc1ccc2oc(-c3ccccc3O)nc2c1. The first-order valence-electron chi connectivity index (χ1n) is 5.18. The number of aromatic hydroxyl groups is 1. The third kappa shape index (κ3) is 1.59. The lowest BCUT2D eigenvalue weighted by Crippen LogP contribution is -1.82. The average molecular weight is 226 g/mol. The quantitative estimate of drug-likeness (QED) is 0.626. The highest BCUT2D eigenvalue weighted by atomic mass is 16.3. The van der Waals surface area contributed by atoms with E-state index in [4.69, 9.17) is 10.2 Å². The Balaban J connectivity index is 2.22. The van der Waals surface area contributed by atoms with Crippen LogP contribution in [0.4, 0.5) is 5.69 Å². The summed E-state index contributed by atoms with van der Waals surface area (Å²) in [6, 6.07) is 12.2. The molecule has 0 saturated carbocycles. The molecule has 0 saturated heterocycles. The van der Waals surface area contributed by atoms with Gasteiger partial charge >= 0.3 is 0 Å². The minimum absolute atomic E-state index is 0.145. The van der Waals surface area contributed by atoms with Gasteiger partial charge in [0.05, 0.1) is 5.56 Å². The molecule has 3 rings (SSSR count). The van der Waals surface area contributed by atoms with Gasteiger partial charge in [-0.05, 0) is 30.3 Å². The highest BCUT2D eigenvalue weighted by Crippen LogP contribution is 2.30. The molecule has 0 unspecified atom stereocenters. The van der Waals surface area contributed by atoms with Gasteiger partial charge in [-0.2, -0.15) is 0 Å². The van der Waals surface area contributed by atoms with Gasteiger partial charge in [0.15, 0.2) is 5.58 Å². The average Bonchev–Trinajstić information content (AvgIpc) is 2.72. The van der Waals surface area contributed by atoms with Crippen molar-refractivity contribution in [2.45, 2.75) is 0 Å². The minimum Gasteiger partial charge on any atom is -0.507 e. The molecule has 0 aliphatic rings. The summed E-state index contributed by atoms with van der Waals surface area (Å²) >= 11 is 0. The molecule has 4 nitrogen and oxygen atoms in total. The molecule has 0 atom stereocenters. The second-order valence-corrected chi connectivity index (χ2v) is 3.76. The molecule has 0 radical (unpaired) electrons. The Morgan fingerprint density at radius 3 is 2.76 bits per heavy atom. The first-order valence-corrected chi connectivity index (χ1v) is 5.18. The largest absolute Gasteiger partial charge is 0.507 e. The van der Waals surface area contributed by atoms with E-state index in [9.17, 15) is 5.11 Å². The smallest absolute Gasteiger partial charge is 0.231 e. The Kier molecular flexibility index (Phi) is 2.01. The minimum atomic E-state index is 0.145. The van der Waals surface area contributed by atoms with Crippen molar-refractivity contribution in [2.24, 2.45) is 0 Å². The summed E-state index contributed by atoms with van der Waals surface area (Å²) in [6.07, 6.45) is 0. The monoisotopic (exact) mass is 226 g/mol. The number of anilines is 1. The van der Waals surface area contributed by atoms with E-state index < -0.39 is 0 Å². The van der Waals surface area contributed by atoms with Crippen molar-refractivity contribution < 1.29 is 9.52 Å². The van der Waals surface area contributed by atoms with Crippen molar-refractivity contribution in [1.82, 2.24) is 4.98 Å². The van der Waals surface area contributed by atoms with E-state index in [0.717, 1.165) is 0 Å². The van der Waals surface area contributed by atoms with Crippen LogP contribution in [0.1, 0.15) is 0 Å². The van der Waals surface area contributed by atoms with Crippen molar-refractivity contribution in [2.75, 3.05) is 5.73 Å². The molecule has 0 aliphatic heterocycles. The Hall–Kier alpha value is -2.49. The number of aromatic nitrogens is 1.